The molecule has 4 bridgehead atoms. The Bertz CT molecular complexity index is 2110. The Hall–Kier alpha value is -4.01. The Kier molecular flexibility index (Phi) is 12.0. The molecule has 0 saturated heterocycles. The first-order chi connectivity index (χ1) is 24.5. The molecular weight excluding hydrogens is 721 g/mol. The molecule has 0 amide bonds. The van der Waals surface area contributed by atoms with Gasteiger partial charge in [-0.3, -0.25) is 9.52 Å². The Labute approximate surface area is 311 Å². The Morgan fingerprint density at radius 3 is 2.44 bits per heavy atom. The third kappa shape index (κ3) is 9.90. The SMILES string of the molecule is CCCC(C)(CN1CCCS(=O)(=O)CCc2ccccc2-c2nc(sc2-c2cccc(OCCC(C)(C)C)c2)NS(=O)(=O)c2cccc1n2)C(=O)O. The number of anilines is 2. The van der Waals surface area contributed by atoms with Crippen molar-refractivity contribution in [3.05, 3.63) is 72.3 Å². The van der Waals surface area contributed by atoms with E-state index >= 15 is 0 Å². The lowest BCUT2D eigenvalue weighted by Gasteiger charge is -2.33. The molecule has 4 aromatic rings. The van der Waals surface area contributed by atoms with Gasteiger partial charge < -0.3 is 14.7 Å². The molecule has 0 saturated carbocycles. The van der Waals surface area contributed by atoms with Crippen LogP contribution in [0.3, 0.4) is 0 Å². The van der Waals surface area contributed by atoms with E-state index in [9.17, 15) is 26.7 Å². The third-order valence-electron chi connectivity index (χ3n) is 9.07. The molecule has 1 unspecified atom stereocenters. The molecule has 0 aliphatic carbocycles. The zero-order valence-electron chi connectivity index (χ0n) is 30.4. The van der Waals surface area contributed by atoms with Gasteiger partial charge in [0.25, 0.3) is 10.0 Å². The normalized spacial score (nSPS) is 17.2. The van der Waals surface area contributed by atoms with Gasteiger partial charge in [0.2, 0.25) is 0 Å². The molecule has 52 heavy (non-hydrogen) atoms. The summed E-state index contributed by atoms with van der Waals surface area (Å²) in [5, 5.41) is 9.99. The van der Waals surface area contributed by atoms with Gasteiger partial charge in [-0.1, -0.05) is 87.9 Å². The van der Waals surface area contributed by atoms with Gasteiger partial charge in [-0.15, -0.1) is 0 Å². The molecule has 0 spiro atoms. The highest BCUT2D eigenvalue weighted by molar-refractivity contribution is 7.92. The van der Waals surface area contributed by atoms with Crippen molar-refractivity contribution in [1.29, 1.82) is 0 Å². The Morgan fingerprint density at radius 1 is 0.962 bits per heavy atom. The van der Waals surface area contributed by atoms with Crippen molar-refractivity contribution in [2.75, 3.05) is 40.8 Å². The lowest BCUT2D eigenvalue weighted by atomic mass is 9.85. The molecule has 3 heterocycles. The van der Waals surface area contributed by atoms with E-state index in [1.54, 1.807) is 24.0 Å². The number of nitrogens with one attached hydrogen (secondary N) is 1. The number of ether oxygens (including phenoxy) is 1. The van der Waals surface area contributed by atoms with Crippen LogP contribution in [0.25, 0.3) is 21.7 Å². The van der Waals surface area contributed by atoms with Crippen LogP contribution in [0.15, 0.2) is 71.8 Å². The quantitative estimate of drug-likeness (QED) is 0.174. The number of hydrogen-bond acceptors (Lipinski definition) is 10. The van der Waals surface area contributed by atoms with Crippen molar-refractivity contribution < 1.29 is 31.5 Å². The van der Waals surface area contributed by atoms with Crippen LogP contribution in [-0.2, 0) is 31.1 Å². The van der Waals surface area contributed by atoms with E-state index in [2.05, 4.69) is 30.5 Å². The summed E-state index contributed by atoms with van der Waals surface area (Å²) < 4.78 is 63.5. The molecule has 1 aliphatic heterocycles. The number of hydrogen-bond donors (Lipinski definition) is 2. The first kappa shape index (κ1) is 39.2. The molecule has 0 fully saturated rings. The molecule has 11 nitrogen and oxygen atoms in total. The summed E-state index contributed by atoms with van der Waals surface area (Å²) >= 11 is 1.16. The minimum absolute atomic E-state index is 0.0196. The fourth-order valence-corrected chi connectivity index (χ4v) is 9.63. The number of thiazole rings is 1. The van der Waals surface area contributed by atoms with Gasteiger partial charge in [0.15, 0.2) is 20.0 Å². The summed E-state index contributed by atoms with van der Waals surface area (Å²) in [7, 11) is -7.79. The van der Waals surface area contributed by atoms with Crippen molar-refractivity contribution in [2.24, 2.45) is 10.8 Å². The summed E-state index contributed by atoms with van der Waals surface area (Å²) in [4.78, 5) is 24.1. The lowest BCUT2D eigenvalue weighted by Crippen LogP contribution is -2.42. The van der Waals surface area contributed by atoms with E-state index in [-0.39, 0.29) is 58.8 Å². The van der Waals surface area contributed by atoms with Gasteiger partial charge in [-0.2, -0.15) is 8.42 Å². The zero-order chi connectivity index (χ0) is 37.7. The average Bonchev–Trinajstić information content (AvgIpc) is 3.49. The second-order valence-electron chi connectivity index (χ2n) is 14.8. The van der Waals surface area contributed by atoms with Gasteiger partial charge in [0.1, 0.15) is 11.6 Å². The molecule has 5 rings (SSSR count). The molecule has 1 atom stereocenters. The number of carboxylic acid groups (broad SMARTS) is 1. The highest BCUT2D eigenvalue weighted by Crippen LogP contribution is 2.42. The molecule has 2 N–H and O–H groups in total. The number of pyridine rings is 1. The topological polar surface area (TPSA) is 156 Å². The van der Waals surface area contributed by atoms with Crippen LogP contribution >= 0.6 is 11.3 Å². The van der Waals surface area contributed by atoms with E-state index in [0.717, 1.165) is 28.9 Å². The number of nitrogens with zero attached hydrogens (tertiary/aromatic N) is 3. The van der Waals surface area contributed by atoms with Crippen molar-refractivity contribution in [1.82, 2.24) is 9.97 Å². The van der Waals surface area contributed by atoms with E-state index in [1.165, 1.54) is 6.07 Å². The molecule has 14 heteroatoms. The van der Waals surface area contributed by atoms with E-state index in [0.29, 0.717) is 41.3 Å². The number of carboxylic acids is 1. The number of aromatic nitrogens is 2. The summed E-state index contributed by atoms with van der Waals surface area (Å²) in [6.07, 6.45) is 2.28. The number of fused-ring (bicyclic) bond motifs is 6. The van der Waals surface area contributed by atoms with Crippen molar-refractivity contribution >= 4 is 48.1 Å². The maximum absolute atomic E-state index is 13.9. The van der Waals surface area contributed by atoms with Crippen molar-refractivity contribution in [3.63, 3.8) is 0 Å². The second kappa shape index (κ2) is 15.9. The van der Waals surface area contributed by atoms with Gasteiger partial charge in [0, 0.05) is 18.7 Å². The van der Waals surface area contributed by atoms with E-state index in [4.69, 9.17) is 9.72 Å². The van der Waals surface area contributed by atoms with Crippen LogP contribution in [0, 0.1) is 10.8 Å². The zero-order valence-corrected chi connectivity index (χ0v) is 32.8. The predicted octanol–water partition coefficient (Wildman–Crippen LogP) is 7.55. The van der Waals surface area contributed by atoms with Gasteiger partial charge in [-0.25, -0.2) is 18.4 Å². The largest absolute Gasteiger partial charge is 0.494 e. The van der Waals surface area contributed by atoms with Crippen molar-refractivity contribution in [2.45, 2.75) is 71.7 Å². The Balaban J connectivity index is 1.61. The molecule has 2 aromatic carbocycles. The van der Waals surface area contributed by atoms with Crippen molar-refractivity contribution in [3.8, 4) is 27.4 Å². The molecule has 2 aromatic heterocycles. The van der Waals surface area contributed by atoms with Crippen LogP contribution in [0.2, 0.25) is 0 Å². The number of sulfonamides is 1. The van der Waals surface area contributed by atoms with Gasteiger partial charge in [0.05, 0.1) is 34.1 Å². The minimum Gasteiger partial charge on any atom is -0.494 e. The average molecular weight is 769 g/mol. The predicted molar refractivity (Wildman–Crippen MR) is 207 cm³/mol. The number of carbonyl (C=O) groups is 1. The standard InChI is InChI=1S/C38H48N4O7S3/c1-6-19-38(5,35(43)44)26-42-21-11-23-51(45,46)24-18-27-12-7-8-15-30(27)33-34(28-13-9-14-29(25-28)49-22-20-37(2,3)4)50-36(40-33)41-52(47,48)32-17-10-16-31(42)39-32/h7-10,12-17,25H,6,11,18-24,26H2,1-5H3,(H,40,41)(H,43,44). The highest BCUT2D eigenvalue weighted by Gasteiger charge is 2.35. The molecule has 280 valence electrons. The monoisotopic (exact) mass is 768 g/mol. The fourth-order valence-electron chi connectivity index (χ4n) is 6.15. The molecule has 0 radical (unpaired) electrons. The third-order valence-corrected chi connectivity index (χ3v) is 13.2. The second-order valence-corrected chi connectivity index (χ2v) is 19.7. The number of benzene rings is 2. The van der Waals surface area contributed by atoms with Gasteiger partial charge >= 0.3 is 5.97 Å². The molecule has 1 aliphatic rings. The summed E-state index contributed by atoms with van der Waals surface area (Å²) in [6, 6.07) is 19.5. The summed E-state index contributed by atoms with van der Waals surface area (Å²) in [6.45, 7) is 10.7. The lowest BCUT2D eigenvalue weighted by molar-refractivity contribution is -0.147. The van der Waals surface area contributed by atoms with Crippen LogP contribution in [-0.4, -0.2) is 69.1 Å². The molecular formula is C38H48N4O7S3. The minimum atomic E-state index is -4.26. The smallest absolute Gasteiger partial charge is 0.311 e. The van der Waals surface area contributed by atoms with Crippen LogP contribution in [0.5, 0.6) is 5.75 Å². The highest BCUT2D eigenvalue weighted by atomic mass is 32.2. The summed E-state index contributed by atoms with van der Waals surface area (Å²) in [5.41, 5.74) is 1.68. The number of sulfone groups is 1. The number of aryl methyl sites for hydroxylation is 1. The first-order valence-corrected chi connectivity index (χ1v) is 21.6. The Morgan fingerprint density at radius 2 is 1.71 bits per heavy atom. The van der Waals surface area contributed by atoms with Crippen LogP contribution in [0.1, 0.15) is 65.9 Å². The van der Waals surface area contributed by atoms with Gasteiger partial charge in [-0.05, 0) is 73.4 Å². The van der Waals surface area contributed by atoms with Crippen LogP contribution in [0.4, 0.5) is 10.9 Å². The maximum atomic E-state index is 13.9. The first-order valence-electron chi connectivity index (χ1n) is 17.5. The van der Waals surface area contributed by atoms with Crippen LogP contribution < -0.4 is 14.4 Å². The summed E-state index contributed by atoms with van der Waals surface area (Å²) in [5.74, 6) is -0.315. The maximum Gasteiger partial charge on any atom is 0.311 e. The number of aliphatic carboxylic acids is 1. The fraction of sp³-hybridized carbons (Fsp3) is 0.447. The number of rotatable bonds is 9. The van der Waals surface area contributed by atoms with E-state index < -0.39 is 31.2 Å². The van der Waals surface area contributed by atoms with E-state index in [1.807, 2.05) is 55.5 Å².